The number of imidazole rings is 1. The van der Waals surface area contributed by atoms with Crippen molar-refractivity contribution in [3.8, 4) is 11.4 Å². The van der Waals surface area contributed by atoms with Crippen molar-refractivity contribution in [1.29, 1.82) is 0 Å². The Morgan fingerprint density at radius 1 is 1.02 bits per heavy atom. The normalized spacial score (nSPS) is 19.5. The van der Waals surface area contributed by atoms with Crippen molar-refractivity contribution in [1.82, 2.24) is 14.6 Å². The van der Waals surface area contributed by atoms with Gasteiger partial charge in [0.25, 0.3) is 0 Å². The number of hydrogen-bond donors (Lipinski definition) is 2. The van der Waals surface area contributed by atoms with Gasteiger partial charge < -0.3 is 9.88 Å². The molecule has 3 heterocycles. The molecule has 2 aliphatic carbocycles. The van der Waals surface area contributed by atoms with Gasteiger partial charge in [0, 0.05) is 64.4 Å². The van der Waals surface area contributed by atoms with Crippen molar-refractivity contribution in [2.75, 3.05) is 12.4 Å². The predicted molar refractivity (Wildman–Crippen MR) is 195 cm³/mol. The molecule has 0 radical (unpaired) electrons. The van der Waals surface area contributed by atoms with Crippen molar-refractivity contribution >= 4 is 23.0 Å². The summed E-state index contributed by atoms with van der Waals surface area (Å²) >= 11 is 0. The molecule has 0 saturated carbocycles. The fourth-order valence-electron chi connectivity index (χ4n) is 8.60. The quantitative estimate of drug-likeness (QED) is 0.270. The van der Waals surface area contributed by atoms with Crippen LogP contribution >= 0.6 is 0 Å². The largest absolute Gasteiger partial charge is 0.388 e. The lowest BCUT2D eigenvalue weighted by Crippen LogP contribution is -2.51. The van der Waals surface area contributed by atoms with Crippen LogP contribution in [0, 0.1) is 5.92 Å². The third kappa shape index (κ3) is 4.88. The van der Waals surface area contributed by atoms with E-state index in [1.54, 1.807) is 0 Å². The molecule has 0 spiro atoms. The van der Waals surface area contributed by atoms with Crippen LogP contribution in [0.1, 0.15) is 130 Å². The van der Waals surface area contributed by atoms with Gasteiger partial charge in [0.1, 0.15) is 11.4 Å². The van der Waals surface area contributed by atoms with Gasteiger partial charge in [-0.3, -0.25) is 0 Å². The Bertz CT molecular complexity index is 1800. The van der Waals surface area contributed by atoms with E-state index in [-0.39, 0.29) is 21.8 Å². The molecule has 3 aromatic rings. The second-order valence-corrected chi connectivity index (χ2v) is 16.5. The van der Waals surface area contributed by atoms with Crippen LogP contribution < -0.4 is 10.00 Å². The molecule has 46 heavy (non-hydrogen) atoms. The molecule has 0 fully saturated rings. The summed E-state index contributed by atoms with van der Waals surface area (Å²) in [5.74, 6) is 1.57. The van der Waals surface area contributed by atoms with Gasteiger partial charge >= 0.3 is 0 Å². The fourth-order valence-corrected chi connectivity index (χ4v) is 8.60. The lowest BCUT2D eigenvalue weighted by atomic mass is 9.81. The van der Waals surface area contributed by atoms with Crippen molar-refractivity contribution in [2.45, 2.75) is 124 Å². The lowest BCUT2D eigenvalue weighted by Gasteiger charge is -2.36. The van der Waals surface area contributed by atoms with Crippen molar-refractivity contribution < 1.29 is 4.68 Å². The van der Waals surface area contributed by atoms with Crippen LogP contribution in [0.15, 0.2) is 54.1 Å². The Labute approximate surface area is 277 Å². The van der Waals surface area contributed by atoms with E-state index in [0.717, 1.165) is 37.2 Å². The molecule has 0 unspecified atom stereocenters. The number of H-pyrrole nitrogens is 1. The van der Waals surface area contributed by atoms with Gasteiger partial charge in [-0.25, -0.2) is 4.98 Å². The first-order valence-electron chi connectivity index (χ1n) is 17.5. The molecule has 6 rings (SSSR count). The number of nitrogens with zero attached hydrogens (tertiary/aromatic N) is 3. The van der Waals surface area contributed by atoms with Crippen LogP contribution in [0.3, 0.4) is 0 Å². The summed E-state index contributed by atoms with van der Waals surface area (Å²) in [5, 5.41) is 7.54. The maximum absolute atomic E-state index is 5.65. The summed E-state index contributed by atoms with van der Waals surface area (Å²) in [7, 11) is 2.03. The number of allylic oxidation sites excluding steroid dienone is 7. The standard InChI is InChI=1S/C41H55N5/c1-13-41(14-2)33(46-31(24-32(44-46)38(5,6)7)28-19-16-15-18-27(22-28)26(3)4)23-29-20-17-21-30(42-12)34(29)37-43-35-36(45(37)41)40(10,11)25-39(35,8)9/h15-21,23-24,26H,13-14,22,25H2,1-12H3,(H,42,43)/p+1. The number of benzene rings is 1. The Balaban J connectivity index is 1.74. The van der Waals surface area contributed by atoms with Crippen molar-refractivity contribution in [2.24, 2.45) is 5.92 Å². The number of hydrogen-bond acceptors (Lipinski definition) is 2. The molecule has 244 valence electrons. The SMILES string of the molecule is CCC1(CC)C([n+]2[nH]c(C(C)(C)C)cc2C2=CC=CC=C(C(C)C)C2)=Cc2cccc(NC)c2-c2nc3c(n21)C(C)(C)CC3(C)C. The van der Waals surface area contributed by atoms with E-state index in [2.05, 4.69) is 150 Å². The maximum atomic E-state index is 5.65. The summed E-state index contributed by atoms with van der Waals surface area (Å²) in [6, 6.07) is 9.07. The molecule has 5 heteroatoms. The molecule has 0 saturated heterocycles. The van der Waals surface area contributed by atoms with Gasteiger partial charge in [0.15, 0.2) is 0 Å². The van der Waals surface area contributed by atoms with Crippen molar-refractivity contribution in [3.63, 3.8) is 0 Å². The minimum absolute atomic E-state index is 0.00883. The van der Waals surface area contributed by atoms with Crippen LogP contribution in [-0.4, -0.2) is 21.7 Å². The number of aromatic amines is 1. The summed E-state index contributed by atoms with van der Waals surface area (Å²) in [4.78, 5) is 5.65. The summed E-state index contributed by atoms with van der Waals surface area (Å²) < 4.78 is 5.16. The zero-order chi connectivity index (χ0) is 33.4. The van der Waals surface area contributed by atoms with Crippen molar-refractivity contribution in [3.05, 3.63) is 82.5 Å². The molecule has 5 nitrogen and oxygen atoms in total. The topological polar surface area (TPSA) is 49.5 Å². The smallest absolute Gasteiger partial charge is 0.241 e. The zero-order valence-electron chi connectivity index (χ0n) is 30.4. The van der Waals surface area contributed by atoms with Crippen LogP contribution in [0.25, 0.3) is 28.7 Å². The lowest BCUT2D eigenvalue weighted by molar-refractivity contribution is -0.650. The molecule has 0 bridgehead atoms. The number of rotatable bonds is 6. The van der Waals surface area contributed by atoms with Gasteiger partial charge in [-0.15, -0.1) is 0 Å². The zero-order valence-corrected chi connectivity index (χ0v) is 30.4. The van der Waals surface area contributed by atoms with E-state index in [4.69, 9.17) is 4.98 Å². The number of fused-ring (bicyclic) bond motifs is 5. The van der Waals surface area contributed by atoms with Gasteiger partial charge in [0.05, 0.1) is 11.4 Å². The average Bonchev–Trinajstić information content (AvgIpc) is 3.56. The summed E-state index contributed by atoms with van der Waals surface area (Å²) in [6.45, 7) is 25.9. The van der Waals surface area contributed by atoms with E-state index in [1.165, 1.54) is 50.7 Å². The highest BCUT2D eigenvalue weighted by molar-refractivity contribution is 5.90. The Hall–Kier alpha value is -3.60. The minimum Gasteiger partial charge on any atom is -0.388 e. The van der Waals surface area contributed by atoms with Crippen LogP contribution in [0.4, 0.5) is 5.69 Å². The molecule has 3 aliphatic rings. The molecule has 1 aliphatic heterocycles. The monoisotopic (exact) mass is 618 g/mol. The third-order valence-corrected chi connectivity index (χ3v) is 11.0. The number of aromatic nitrogens is 4. The first-order chi connectivity index (χ1) is 21.6. The van der Waals surface area contributed by atoms with E-state index in [1.807, 2.05) is 7.05 Å². The van der Waals surface area contributed by atoms with E-state index >= 15 is 0 Å². The Morgan fingerprint density at radius 2 is 1.72 bits per heavy atom. The second-order valence-electron chi connectivity index (χ2n) is 16.5. The highest BCUT2D eigenvalue weighted by Crippen LogP contribution is 2.55. The average molecular weight is 619 g/mol. The molecule has 2 N–H and O–H groups in total. The van der Waals surface area contributed by atoms with Crippen LogP contribution in [0.5, 0.6) is 0 Å². The van der Waals surface area contributed by atoms with Gasteiger partial charge in [-0.1, -0.05) is 123 Å². The third-order valence-electron chi connectivity index (χ3n) is 11.0. The van der Waals surface area contributed by atoms with E-state index < -0.39 is 0 Å². The number of anilines is 1. The van der Waals surface area contributed by atoms with Gasteiger partial charge in [-0.2, -0.15) is 5.10 Å². The summed E-state index contributed by atoms with van der Waals surface area (Å²) in [6.07, 6.45) is 15.4. The molecule has 0 amide bonds. The maximum Gasteiger partial charge on any atom is 0.241 e. The predicted octanol–water partition coefficient (Wildman–Crippen LogP) is 9.92. The molecule has 1 aromatic carbocycles. The number of nitrogens with one attached hydrogen (secondary N) is 2. The Kier molecular flexibility index (Phi) is 7.73. The van der Waals surface area contributed by atoms with Gasteiger partial charge in [0.2, 0.25) is 11.4 Å². The first-order valence-corrected chi connectivity index (χ1v) is 17.5. The molecular weight excluding hydrogens is 562 g/mol. The second kappa shape index (κ2) is 11.0. The molecular formula is C41H56N5+. The minimum atomic E-state index is -0.338. The highest BCUT2D eigenvalue weighted by Gasteiger charge is 2.54. The first kappa shape index (κ1) is 32.3. The van der Waals surface area contributed by atoms with Gasteiger partial charge in [-0.05, 0) is 36.8 Å². The van der Waals surface area contributed by atoms with E-state index in [9.17, 15) is 0 Å². The van der Waals surface area contributed by atoms with E-state index in [0.29, 0.717) is 5.92 Å². The van der Waals surface area contributed by atoms with Crippen LogP contribution in [0.2, 0.25) is 0 Å². The van der Waals surface area contributed by atoms with Crippen LogP contribution in [-0.2, 0) is 21.8 Å². The molecule has 0 atom stereocenters. The highest BCUT2D eigenvalue weighted by atomic mass is 15.3. The summed E-state index contributed by atoms with van der Waals surface area (Å²) in [5.41, 5.74) is 12.3. The Morgan fingerprint density at radius 3 is 2.35 bits per heavy atom. The molecule has 2 aromatic heterocycles. The fraction of sp³-hybridized carbons (Fsp3) is 0.512.